The topological polar surface area (TPSA) is 29.5 Å². The zero-order chi connectivity index (χ0) is 9.15. The standard InChI is InChI=1S/2C3H9N.CH3O.2CH4.ClH.2Na/c2*1-4(2)3;1-2;;;;;/h2*1-3H3;1H3;2*1H4;1H;;/q;;-1;;;;2*+1/p-1. The van der Waals surface area contributed by atoms with E-state index in [9.17, 15) is 0 Å². The van der Waals surface area contributed by atoms with E-state index in [1.807, 2.05) is 52.1 Å². The van der Waals surface area contributed by atoms with E-state index >= 15 is 0 Å². The molecule has 0 fully saturated rings. The van der Waals surface area contributed by atoms with Crippen LogP contribution in [0.2, 0.25) is 0 Å². The van der Waals surface area contributed by atoms with Gasteiger partial charge in [0, 0.05) is 0 Å². The Balaban J connectivity index is -0.00000000726. The van der Waals surface area contributed by atoms with Gasteiger partial charge in [-0.15, -0.1) is 0 Å². The minimum Gasteiger partial charge on any atom is -1.00 e. The summed E-state index contributed by atoms with van der Waals surface area (Å²) in [5, 5.41) is 8.25. The van der Waals surface area contributed by atoms with Crippen LogP contribution in [0.25, 0.3) is 0 Å². The van der Waals surface area contributed by atoms with Gasteiger partial charge >= 0.3 is 59.1 Å². The summed E-state index contributed by atoms with van der Waals surface area (Å²) in [6.07, 6.45) is 0. The fourth-order valence-electron chi connectivity index (χ4n) is 0. The molecular formula is C9H29ClN2Na2O. The molecule has 0 spiro atoms. The van der Waals surface area contributed by atoms with Crippen molar-refractivity contribution < 1.29 is 76.6 Å². The molecule has 90 valence electrons. The van der Waals surface area contributed by atoms with E-state index < -0.39 is 0 Å². The van der Waals surface area contributed by atoms with Crippen molar-refractivity contribution in [2.75, 3.05) is 49.4 Å². The summed E-state index contributed by atoms with van der Waals surface area (Å²) in [6, 6.07) is 0. The minimum atomic E-state index is 0. The molecule has 0 amide bonds. The summed E-state index contributed by atoms with van der Waals surface area (Å²) in [7, 11) is 12.8. The summed E-state index contributed by atoms with van der Waals surface area (Å²) in [6.45, 7) is 0. The number of hydrogen-bond donors (Lipinski definition) is 0. The van der Waals surface area contributed by atoms with E-state index in [-0.39, 0.29) is 86.4 Å². The van der Waals surface area contributed by atoms with Crippen LogP contribution in [0.15, 0.2) is 0 Å². The van der Waals surface area contributed by atoms with E-state index in [0.717, 1.165) is 7.11 Å². The SMILES string of the molecule is C.C.CN(C)C.CN(C)C.C[O-].[Cl-].[Na+].[Na+]. The Morgan fingerprint density at radius 1 is 0.600 bits per heavy atom. The molecule has 0 N–H and O–H groups in total. The third-order valence-electron chi connectivity index (χ3n) is 0. The van der Waals surface area contributed by atoms with Crippen LogP contribution in [0.5, 0.6) is 0 Å². The van der Waals surface area contributed by atoms with Crippen molar-refractivity contribution in [1.82, 2.24) is 9.80 Å². The minimum absolute atomic E-state index is 0. The normalized spacial score (nSPS) is 5.20. The van der Waals surface area contributed by atoms with Crippen LogP contribution in [0, 0.1) is 0 Å². The van der Waals surface area contributed by atoms with Crippen LogP contribution >= 0.6 is 0 Å². The van der Waals surface area contributed by atoms with Gasteiger partial charge in [0.2, 0.25) is 0 Å². The zero-order valence-corrected chi connectivity index (χ0v) is 15.4. The van der Waals surface area contributed by atoms with Crippen LogP contribution in [-0.4, -0.2) is 59.2 Å². The maximum atomic E-state index is 8.25. The second-order valence-electron chi connectivity index (χ2n) is 2.68. The first-order valence-electron chi connectivity index (χ1n) is 3.09. The van der Waals surface area contributed by atoms with Crippen LogP contribution in [0.1, 0.15) is 14.9 Å². The molecule has 6 heteroatoms. The zero-order valence-electron chi connectivity index (χ0n) is 10.7. The Labute approximate surface area is 149 Å². The Morgan fingerprint density at radius 3 is 0.600 bits per heavy atom. The third kappa shape index (κ3) is 689. The first-order valence-corrected chi connectivity index (χ1v) is 3.09. The second kappa shape index (κ2) is 55.7. The summed E-state index contributed by atoms with van der Waals surface area (Å²) in [4.78, 5) is 4.00. The van der Waals surface area contributed by atoms with Crippen molar-refractivity contribution >= 4 is 0 Å². The molecule has 15 heavy (non-hydrogen) atoms. The van der Waals surface area contributed by atoms with Gasteiger partial charge < -0.3 is 27.3 Å². The first kappa shape index (κ1) is 53.4. The van der Waals surface area contributed by atoms with Crippen LogP contribution in [0.3, 0.4) is 0 Å². The Bertz CT molecular complexity index is 41.6. The van der Waals surface area contributed by atoms with Crippen LogP contribution in [0.4, 0.5) is 0 Å². The Hall–Kier alpha value is 2.17. The molecule has 0 bridgehead atoms. The van der Waals surface area contributed by atoms with Gasteiger partial charge in [0.1, 0.15) is 0 Å². The number of rotatable bonds is 0. The van der Waals surface area contributed by atoms with Crippen molar-refractivity contribution in [1.29, 1.82) is 0 Å². The summed E-state index contributed by atoms with van der Waals surface area (Å²) >= 11 is 0. The van der Waals surface area contributed by atoms with E-state index in [2.05, 4.69) is 0 Å². The monoisotopic (exact) mass is 262 g/mol. The fraction of sp³-hybridized carbons (Fsp3) is 1.00. The molecule has 0 saturated heterocycles. The maximum absolute atomic E-state index is 8.25. The van der Waals surface area contributed by atoms with Crippen molar-refractivity contribution in [3.05, 3.63) is 0 Å². The Morgan fingerprint density at radius 2 is 0.600 bits per heavy atom. The maximum Gasteiger partial charge on any atom is 1.00 e. The molecule has 0 aliphatic rings. The van der Waals surface area contributed by atoms with Crippen LogP contribution in [-0.2, 0) is 0 Å². The largest absolute Gasteiger partial charge is 1.00 e. The molecule has 0 unspecified atom stereocenters. The molecule has 0 aliphatic heterocycles. The average molecular weight is 263 g/mol. The molecule has 0 heterocycles. The van der Waals surface area contributed by atoms with E-state index in [1.54, 1.807) is 0 Å². The number of hydrogen-bond acceptors (Lipinski definition) is 3. The summed E-state index contributed by atoms with van der Waals surface area (Å²) < 4.78 is 0. The summed E-state index contributed by atoms with van der Waals surface area (Å²) in [5.41, 5.74) is 0. The molecule has 0 atom stereocenters. The smallest absolute Gasteiger partial charge is 1.00 e. The van der Waals surface area contributed by atoms with Crippen molar-refractivity contribution in [3.8, 4) is 0 Å². The van der Waals surface area contributed by atoms with Gasteiger partial charge in [0.05, 0.1) is 0 Å². The predicted molar refractivity (Wildman–Crippen MR) is 58.6 cm³/mol. The van der Waals surface area contributed by atoms with Gasteiger partial charge in [-0.2, -0.15) is 7.11 Å². The van der Waals surface area contributed by atoms with Crippen molar-refractivity contribution in [2.45, 2.75) is 14.9 Å². The molecule has 0 rings (SSSR count). The molecule has 0 radical (unpaired) electrons. The van der Waals surface area contributed by atoms with Gasteiger partial charge in [0.25, 0.3) is 0 Å². The van der Waals surface area contributed by atoms with Gasteiger partial charge in [-0.1, -0.05) is 14.9 Å². The third-order valence-corrected chi connectivity index (χ3v) is 0. The molecule has 0 aromatic rings. The fourth-order valence-corrected chi connectivity index (χ4v) is 0. The molecule has 0 saturated carbocycles. The predicted octanol–water partition coefficient (Wildman–Crippen LogP) is -8.38. The molecule has 3 nitrogen and oxygen atoms in total. The molecular weight excluding hydrogens is 234 g/mol. The second-order valence-corrected chi connectivity index (χ2v) is 2.68. The molecule has 0 aromatic carbocycles. The van der Waals surface area contributed by atoms with Gasteiger partial charge in [-0.25, -0.2) is 0 Å². The number of halogens is 1. The van der Waals surface area contributed by atoms with E-state index in [1.165, 1.54) is 0 Å². The van der Waals surface area contributed by atoms with Crippen molar-refractivity contribution in [3.63, 3.8) is 0 Å². The van der Waals surface area contributed by atoms with Crippen LogP contribution < -0.4 is 76.6 Å². The van der Waals surface area contributed by atoms with Gasteiger partial charge in [-0.05, 0) is 42.3 Å². The van der Waals surface area contributed by atoms with E-state index in [0.29, 0.717) is 0 Å². The average Bonchev–Trinajstić information content (AvgIpc) is 1.66. The van der Waals surface area contributed by atoms with E-state index in [4.69, 9.17) is 5.11 Å². The quantitative estimate of drug-likeness (QED) is 0.406. The molecule has 0 aliphatic carbocycles. The number of nitrogens with zero attached hydrogens (tertiary/aromatic N) is 2. The Kier molecular flexibility index (Phi) is 198. The summed E-state index contributed by atoms with van der Waals surface area (Å²) in [5.74, 6) is 0. The molecule has 0 aromatic heterocycles. The first-order chi connectivity index (χ1) is 4.46. The van der Waals surface area contributed by atoms with Gasteiger partial charge in [-0.3, -0.25) is 0 Å². The van der Waals surface area contributed by atoms with Gasteiger partial charge in [0.15, 0.2) is 0 Å². The van der Waals surface area contributed by atoms with Crippen molar-refractivity contribution in [2.24, 2.45) is 0 Å².